The van der Waals surface area contributed by atoms with Crippen molar-refractivity contribution in [1.82, 2.24) is 15.4 Å². The second kappa shape index (κ2) is 2.32. The quantitative estimate of drug-likeness (QED) is 0.610. The lowest BCUT2D eigenvalue weighted by Crippen LogP contribution is -2.14. The number of fused-ring (bicyclic) bond motifs is 1. The van der Waals surface area contributed by atoms with Crippen molar-refractivity contribution in [1.29, 1.82) is 0 Å². The highest BCUT2D eigenvalue weighted by atomic mass is 15.3. The molecule has 0 aromatic carbocycles. The SMILES string of the molecule is CC1Cc2n[nH]nc2C(C)C1. The Balaban J connectivity index is 2.36. The van der Waals surface area contributed by atoms with Crippen LogP contribution in [0.25, 0.3) is 0 Å². The number of nitrogens with one attached hydrogen (secondary N) is 1. The number of hydrogen-bond donors (Lipinski definition) is 1. The van der Waals surface area contributed by atoms with E-state index in [4.69, 9.17) is 0 Å². The maximum Gasteiger partial charge on any atom is 0.0885 e. The standard InChI is InChI=1S/C8H13N3/c1-5-3-6(2)8-7(4-5)9-11-10-8/h5-6H,3-4H2,1-2H3,(H,9,10,11). The summed E-state index contributed by atoms with van der Waals surface area (Å²) >= 11 is 0. The Hall–Kier alpha value is -0.860. The first kappa shape index (κ1) is 6.83. The molecule has 0 fully saturated rings. The van der Waals surface area contributed by atoms with Crippen LogP contribution in [0.5, 0.6) is 0 Å². The van der Waals surface area contributed by atoms with Crippen LogP contribution in [0.3, 0.4) is 0 Å². The number of aromatic amines is 1. The van der Waals surface area contributed by atoms with Crippen LogP contribution in [0.1, 0.15) is 37.6 Å². The first-order valence-electron chi connectivity index (χ1n) is 4.17. The Morgan fingerprint density at radius 2 is 2.18 bits per heavy atom. The van der Waals surface area contributed by atoms with E-state index in [1.165, 1.54) is 17.8 Å². The molecule has 2 atom stereocenters. The van der Waals surface area contributed by atoms with Crippen LogP contribution in [0.15, 0.2) is 0 Å². The predicted octanol–water partition coefficient (Wildman–Crippen LogP) is 1.49. The molecule has 0 aliphatic heterocycles. The summed E-state index contributed by atoms with van der Waals surface area (Å²) in [6.45, 7) is 4.49. The third-order valence-corrected chi connectivity index (χ3v) is 2.42. The number of nitrogens with zero attached hydrogens (tertiary/aromatic N) is 2. The molecule has 3 nitrogen and oxygen atoms in total. The lowest BCUT2D eigenvalue weighted by molar-refractivity contribution is 0.440. The van der Waals surface area contributed by atoms with E-state index in [-0.39, 0.29) is 0 Å². The summed E-state index contributed by atoms with van der Waals surface area (Å²) in [4.78, 5) is 0. The first-order chi connectivity index (χ1) is 5.27. The van der Waals surface area contributed by atoms with Crippen molar-refractivity contribution in [3.8, 4) is 0 Å². The van der Waals surface area contributed by atoms with Gasteiger partial charge in [-0.25, -0.2) is 0 Å². The summed E-state index contributed by atoms with van der Waals surface area (Å²) in [6.07, 6.45) is 2.34. The maximum absolute atomic E-state index is 4.14. The van der Waals surface area contributed by atoms with E-state index in [1.54, 1.807) is 0 Å². The molecular weight excluding hydrogens is 138 g/mol. The van der Waals surface area contributed by atoms with Crippen LogP contribution in [0.4, 0.5) is 0 Å². The van der Waals surface area contributed by atoms with E-state index in [1.807, 2.05) is 0 Å². The molecule has 1 aliphatic rings. The molecule has 1 aromatic heterocycles. The Morgan fingerprint density at radius 1 is 1.36 bits per heavy atom. The third-order valence-electron chi connectivity index (χ3n) is 2.42. The van der Waals surface area contributed by atoms with E-state index in [2.05, 4.69) is 29.3 Å². The molecule has 2 unspecified atom stereocenters. The molecule has 11 heavy (non-hydrogen) atoms. The van der Waals surface area contributed by atoms with Crippen molar-refractivity contribution in [3.05, 3.63) is 11.4 Å². The molecule has 1 heterocycles. The van der Waals surface area contributed by atoms with Gasteiger partial charge < -0.3 is 0 Å². The van der Waals surface area contributed by atoms with E-state index in [0.717, 1.165) is 12.3 Å². The summed E-state index contributed by atoms with van der Waals surface area (Å²) in [6, 6.07) is 0. The van der Waals surface area contributed by atoms with Crippen LogP contribution >= 0.6 is 0 Å². The molecule has 0 saturated carbocycles. The smallest absolute Gasteiger partial charge is 0.0885 e. The highest BCUT2D eigenvalue weighted by Gasteiger charge is 2.24. The topological polar surface area (TPSA) is 41.6 Å². The highest BCUT2D eigenvalue weighted by Crippen LogP contribution is 2.31. The van der Waals surface area contributed by atoms with Gasteiger partial charge in [0.2, 0.25) is 0 Å². The fraction of sp³-hybridized carbons (Fsp3) is 0.750. The van der Waals surface area contributed by atoms with Gasteiger partial charge in [-0.2, -0.15) is 15.4 Å². The largest absolute Gasteiger partial charge is 0.197 e. The second-order valence-electron chi connectivity index (χ2n) is 3.60. The fourth-order valence-corrected chi connectivity index (χ4v) is 1.93. The van der Waals surface area contributed by atoms with E-state index < -0.39 is 0 Å². The van der Waals surface area contributed by atoms with E-state index >= 15 is 0 Å². The summed E-state index contributed by atoms with van der Waals surface area (Å²) in [5.74, 6) is 1.36. The van der Waals surface area contributed by atoms with Gasteiger partial charge in [0.15, 0.2) is 0 Å². The average Bonchev–Trinajstić information content (AvgIpc) is 2.34. The van der Waals surface area contributed by atoms with Gasteiger partial charge in [-0.1, -0.05) is 13.8 Å². The van der Waals surface area contributed by atoms with Gasteiger partial charge in [0.05, 0.1) is 11.4 Å². The molecule has 0 amide bonds. The molecule has 1 aliphatic carbocycles. The van der Waals surface area contributed by atoms with Crippen molar-refractivity contribution in [2.24, 2.45) is 5.92 Å². The molecule has 0 spiro atoms. The minimum atomic E-state index is 0.590. The number of hydrogen-bond acceptors (Lipinski definition) is 2. The zero-order valence-corrected chi connectivity index (χ0v) is 6.96. The van der Waals surface area contributed by atoms with Crippen LogP contribution in [0.2, 0.25) is 0 Å². The normalized spacial score (nSPS) is 30.0. The van der Waals surface area contributed by atoms with Crippen molar-refractivity contribution in [2.45, 2.75) is 32.6 Å². The molecule has 1 aromatic rings. The van der Waals surface area contributed by atoms with Gasteiger partial charge in [0, 0.05) is 5.92 Å². The molecule has 1 N–H and O–H groups in total. The van der Waals surface area contributed by atoms with Crippen LogP contribution in [-0.4, -0.2) is 15.4 Å². The van der Waals surface area contributed by atoms with Crippen LogP contribution in [0, 0.1) is 5.92 Å². The summed E-state index contributed by atoms with van der Waals surface area (Å²) < 4.78 is 0. The van der Waals surface area contributed by atoms with Gasteiger partial charge in [-0.15, -0.1) is 0 Å². The molecule has 0 radical (unpaired) electrons. The molecule has 2 rings (SSSR count). The second-order valence-corrected chi connectivity index (χ2v) is 3.60. The maximum atomic E-state index is 4.14. The Morgan fingerprint density at radius 3 is 3.00 bits per heavy atom. The minimum Gasteiger partial charge on any atom is -0.197 e. The average molecular weight is 151 g/mol. The van der Waals surface area contributed by atoms with Gasteiger partial charge in [0.1, 0.15) is 0 Å². The van der Waals surface area contributed by atoms with Crippen molar-refractivity contribution < 1.29 is 0 Å². The van der Waals surface area contributed by atoms with Gasteiger partial charge >= 0.3 is 0 Å². The predicted molar refractivity (Wildman–Crippen MR) is 42.3 cm³/mol. The lowest BCUT2D eigenvalue weighted by atomic mass is 9.84. The number of rotatable bonds is 0. The van der Waals surface area contributed by atoms with Gasteiger partial charge in [-0.3, -0.25) is 0 Å². The minimum absolute atomic E-state index is 0.590. The Labute approximate surface area is 66.2 Å². The summed E-state index contributed by atoms with van der Waals surface area (Å²) in [5.41, 5.74) is 2.36. The van der Waals surface area contributed by atoms with Gasteiger partial charge in [-0.05, 0) is 18.8 Å². The highest BCUT2D eigenvalue weighted by molar-refractivity contribution is 5.17. The zero-order chi connectivity index (χ0) is 7.84. The molecule has 0 bridgehead atoms. The van der Waals surface area contributed by atoms with Crippen molar-refractivity contribution in [2.75, 3.05) is 0 Å². The van der Waals surface area contributed by atoms with Crippen LogP contribution < -0.4 is 0 Å². The zero-order valence-electron chi connectivity index (χ0n) is 6.96. The van der Waals surface area contributed by atoms with Crippen molar-refractivity contribution >= 4 is 0 Å². The Kier molecular flexibility index (Phi) is 1.44. The van der Waals surface area contributed by atoms with Crippen LogP contribution in [-0.2, 0) is 6.42 Å². The number of aromatic nitrogens is 3. The monoisotopic (exact) mass is 151 g/mol. The van der Waals surface area contributed by atoms with Gasteiger partial charge in [0.25, 0.3) is 0 Å². The van der Waals surface area contributed by atoms with E-state index in [9.17, 15) is 0 Å². The van der Waals surface area contributed by atoms with Crippen molar-refractivity contribution in [3.63, 3.8) is 0 Å². The third kappa shape index (κ3) is 1.04. The van der Waals surface area contributed by atoms with E-state index in [0.29, 0.717) is 5.92 Å². The lowest BCUT2D eigenvalue weighted by Gasteiger charge is -2.21. The summed E-state index contributed by atoms with van der Waals surface area (Å²) in [5, 5.41) is 10.9. The molecule has 3 heteroatoms. The summed E-state index contributed by atoms with van der Waals surface area (Å²) in [7, 11) is 0. The molecular formula is C8H13N3. The molecule has 60 valence electrons. The Bertz CT molecular complexity index is 254. The number of H-pyrrole nitrogens is 1. The molecule has 0 saturated heterocycles. The fourth-order valence-electron chi connectivity index (χ4n) is 1.93. The first-order valence-corrected chi connectivity index (χ1v) is 4.17.